The maximum atomic E-state index is 14.3. The van der Waals surface area contributed by atoms with Crippen molar-refractivity contribution in [3.05, 3.63) is 135 Å². The van der Waals surface area contributed by atoms with Gasteiger partial charge in [-0.2, -0.15) is 0 Å². The van der Waals surface area contributed by atoms with Gasteiger partial charge in [-0.05, 0) is 85.4 Å². The predicted octanol–water partition coefficient (Wildman–Crippen LogP) is 6.67. The van der Waals surface area contributed by atoms with E-state index in [1.807, 2.05) is 47.0 Å². The Morgan fingerprint density at radius 3 is 2.21 bits per heavy atom. The van der Waals surface area contributed by atoms with Crippen molar-refractivity contribution in [1.29, 1.82) is 0 Å². The van der Waals surface area contributed by atoms with Crippen LogP contribution in [0.2, 0.25) is 10.0 Å². The molecule has 0 spiro atoms. The molecule has 0 unspecified atom stereocenters. The van der Waals surface area contributed by atoms with Gasteiger partial charge in [0.25, 0.3) is 0 Å². The van der Waals surface area contributed by atoms with Gasteiger partial charge < -0.3 is 31.6 Å². The Morgan fingerprint density at radius 1 is 0.772 bits per heavy atom. The van der Waals surface area contributed by atoms with Gasteiger partial charge >= 0.3 is 6.03 Å². The first-order chi connectivity index (χ1) is 27.4. The second kappa shape index (κ2) is 19.1. The third kappa shape index (κ3) is 11.1. The first kappa shape index (κ1) is 41.1. The number of amides is 5. The lowest BCUT2D eigenvalue weighted by molar-refractivity contribution is -0.130. The highest BCUT2D eigenvalue weighted by Gasteiger charge is 2.28. The Hall–Kier alpha value is -5.50. The molecular formula is C42H43Cl2F2N7O4. The molecule has 0 bridgehead atoms. The summed E-state index contributed by atoms with van der Waals surface area (Å²) >= 11 is 13.1. The van der Waals surface area contributed by atoms with Crippen molar-refractivity contribution < 1.29 is 28.0 Å². The molecule has 2 atom stereocenters. The quantitative estimate of drug-likeness (QED) is 0.0754. The van der Waals surface area contributed by atoms with Crippen molar-refractivity contribution in [2.45, 2.75) is 63.8 Å². The fraction of sp³-hybridized carbons (Fsp3) is 0.286. The number of nitrogens with one attached hydrogen (secondary N) is 4. The minimum absolute atomic E-state index is 0.120. The van der Waals surface area contributed by atoms with Crippen molar-refractivity contribution in [2.24, 2.45) is 5.73 Å². The van der Waals surface area contributed by atoms with Crippen LogP contribution in [0.1, 0.15) is 47.9 Å². The number of hydrogen-bond donors (Lipinski definition) is 5. The fourth-order valence-corrected chi connectivity index (χ4v) is 7.43. The van der Waals surface area contributed by atoms with E-state index in [1.54, 1.807) is 24.3 Å². The van der Waals surface area contributed by atoms with Crippen LogP contribution in [0.25, 0.3) is 10.9 Å². The van der Waals surface area contributed by atoms with Crippen LogP contribution in [0.3, 0.4) is 0 Å². The smallest absolute Gasteiger partial charge is 0.319 e. The number of fused-ring (bicyclic) bond motifs is 1. The Labute approximate surface area is 338 Å². The summed E-state index contributed by atoms with van der Waals surface area (Å²) in [6, 6.07) is 19.7. The molecule has 11 nitrogen and oxygen atoms in total. The first-order valence-corrected chi connectivity index (χ1v) is 19.4. The van der Waals surface area contributed by atoms with E-state index in [2.05, 4.69) is 32.4 Å². The number of nitrogens with zero attached hydrogens (tertiary/aromatic N) is 2. The molecule has 1 saturated heterocycles. The van der Waals surface area contributed by atoms with Crippen LogP contribution in [0, 0.1) is 11.6 Å². The minimum Gasteiger partial charge on any atom is -0.370 e. The molecule has 6 N–H and O–H groups in total. The number of nitrogens with two attached hydrogens (primary N) is 1. The van der Waals surface area contributed by atoms with Crippen LogP contribution in [-0.4, -0.2) is 58.4 Å². The number of urea groups is 1. The van der Waals surface area contributed by atoms with Crippen LogP contribution in [0.5, 0.6) is 0 Å². The standard InChI is InChI=1S/C42H43Cl2F2N7O4/c43-32-9-6-10-33(44)31(32)25-53-24-28(23-52-17-4-5-18-52)30-13-12-29(21-38(30)53)49-42(57)51-37(20-27-11-14-34(45)35(46)19-27)41(56)50-36(15-16-39(47)54)40(55)48-22-26-7-2-1-3-8-26/h1-3,6-14,19,21,24,36-37H,4-5,15-18,20,22-23,25H2,(H2,47,54)(H,48,55)(H,50,56)(H2,49,51,57)/t36-,37-/m0/s1. The number of rotatable bonds is 16. The zero-order chi connectivity index (χ0) is 40.5. The average Bonchev–Trinajstić information content (AvgIpc) is 3.82. The van der Waals surface area contributed by atoms with Crippen LogP contribution < -0.4 is 27.0 Å². The summed E-state index contributed by atoms with van der Waals surface area (Å²) in [6.45, 7) is 3.29. The van der Waals surface area contributed by atoms with Crippen molar-refractivity contribution in [1.82, 2.24) is 25.4 Å². The molecule has 15 heteroatoms. The third-order valence-electron chi connectivity index (χ3n) is 9.87. The fourth-order valence-electron chi connectivity index (χ4n) is 6.91. The number of halogens is 4. The van der Waals surface area contributed by atoms with E-state index in [-0.39, 0.29) is 31.4 Å². The molecule has 1 aliphatic rings. The van der Waals surface area contributed by atoms with Crippen molar-refractivity contribution in [3.8, 4) is 0 Å². The molecular weight excluding hydrogens is 775 g/mol. The van der Waals surface area contributed by atoms with E-state index >= 15 is 0 Å². The van der Waals surface area contributed by atoms with E-state index in [4.69, 9.17) is 28.9 Å². The Bertz CT molecular complexity index is 2230. The van der Waals surface area contributed by atoms with Gasteiger partial charge in [-0.3, -0.25) is 19.3 Å². The highest BCUT2D eigenvalue weighted by molar-refractivity contribution is 6.36. The maximum Gasteiger partial charge on any atom is 0.319 e. The van der Waals surface area contributed by atoms with Gasteiger partial charge in [0.05, 0.1) is 12.1 Å². The molecule has 0 aliphatic carbocycles. The highest BCUT2D eigenvalue weighted by atomic mass is 35.5. The molecule has 6 rings (SSSR count). The lowest BCUT2D eigenvalue weighted by Crippen LogP contribution is -2.55. The molecule has 2 heterocycles. The van der Waals surface area contributed by atoms with Gasteiger partial charge in [-0.15, -0.1) is 0 Å². The van der Waals surface area contributed by atoms with Gasteiger partial charge in [0, 0.05) is 58.8 Å². The zero-order valence-corrected chi connectivity index (χ0v) is 32.5. The summed E-state index contributed by atoms with van der Waals surface area (Å²) in [5.74, 6) is -4.27. The number of likely N-dealkylation sites (tertiary alicyclic amines) is 1. The number of anilines is 1. The number of aromatic nitrogens is 1. The van der Waals surface area contributed by atoms with E-state index in [0.717, 1.165) is 72.2 Å². The van der Waals surface area contributed by atoms with Crippen LogP contribution >= 0.6 is 23.2 Å². The van der Waals surface area contributed by atoms with Gasteiger partial charge in [-0.1, -0.05) is 71.7 Å². The molecule has 298 valence electrons. The van der Waals surface area contributed by atoms with E-state index in [1.165, 1.54) is 6.07 Å². The second-order valence-corrected chi connectivity index (χ2v) is 14.9. The summed E-state index contributed by atoms with van der Waals surface area (Å²) in [5.41, 5.74) is 9.45. The highest BCUT2D eigenvalue weighted by Crippen LogP contribution is 2.31. The summed E-state index contributed by atoms with van der Waals surface area (Å²) in [7, 11) is 0. The Kier molecular flexibility index (Phi) is 13.8. The van der Waals surface area contributed by atoms with Crippen LogP contribution in [0.15, 0.2) is 91.1 Å². The van der Waals surface area contributed by atoms with Gasteiger partial charge in [0.2, 0.25) is 17.7 Å². The normalized spacial score (nSPS) is 13.9. The number of primary amides is 1. The van der Waals surface area contributed by atoms with E-state index in [9.17, 15) is 28.0 Å². The number of carbonyl (C=O) groups excluding carboxylic acids is 4. The molecule has 1 fully saturated rings. The Morgan fingerprint density at radius 2 is 1.51 bits per heavy atom. The first-order valence-electron chi connectivity index (χ1n) is 18.6. The van der Waals surface area contributed by atoms with Gasteiger partial charge in [0.15, 0.2) is 11.6 Å². The molecule has 0 saturated carbocycles. The Balaban J connectivity index is 1.23. The second-order valence-electron chi connectivity index (χ2n) is 14.1. The molecule has 1 aliphatic heterocycles. The van der Waals surface area contributed by atoms with Crippen molar-refractivity contribution in [3.63, 3.8) is 0 Å². The zero-order valence-electron chi connectivity index (χ0n) is 31.0. The van der Waals surface area contributed by atoms with E-state index < -0.39 is 47.5 Å². The minimum atomic E-state index is -1.37. The molecule has 57 heavy (non-hydrogen) atoms. The maximum absolute atomic E-state index is 14.3. The lowest BCUT2D eigenvalue weighted by Gasteiger charge is -2.23. The summed E-state index contributed by atoms with van der Waals surface area (Å²) < 4.78 is 30.1. The summed E-state index contributed by atoms with van der Waals surface area (Å²) in [4.78, 5) is 54.9. The van der Waals surface area contributed by atoms with Crippen molar-refractivity contribution in [2.75, 3.05) is 18.4 Å². The van der Waals surface area contributed by atoms with Crippen LogP contribution in [-0.2, 0) is 40.4 Å². The molecule has 1 aromatic heterocycles. The largest absolute Gasteiger partial charge is 0.370 e. The van der Waals surface area contributed by atoms with Crippen LogP contribution in [0.4, 0.5) is 19.3 Å². The molecule has 4 aromatic carbocycles. The predicted molar refractivity (Wildman–Crippen MR) is 217 cm³/mol. The average molecular weight is 819 g/mol. The van der Waals surface area contributed by atoms with Gasteiger partial charge in [-0.25, -0.2) is 13.6 Å². The van der Waals surface area contributed by atoms with Gasteiger partial charge in [0.1, 0.15) is 12.1 Å². The summed E-state index contributed by atoms with van der Waals surface area (Å²) in [6.07, 6.45) is 3.76. The number of hydrogen-bond acceptors (Lipinski definition) is 5. The number of carbonyl (C=O) groups is 4. The summed E-state index contributed by atoms with van der Waals surface area (Å²) in [5, 5.41) is 12.8. The van der Waals surface area contributed by atoms with E-state index in [0.29, 0.717) is 22.3 Å². The molecule has 0 radical (unpaired) electrons. The third-order valence-corrected chi connectivity index (χ3v) is 10.6. The lowest BCUT2D eigenvalue weighted by atomic mass is 10.0. The molecule has 5 aromatic rings. The van der Waals surface area contributed by atoms with Crippen molar-refractivity contribution >= 4 is 63.5 Å². The monoisotopic (exact) mass is 817 g/mol. The molecule has 5 amide bonds. The number of benzene rings is 4. The SMILES string of the molecule is NC(=O)CC[C@H](NC(=O)[C@H](Cc1ccc(F)c(F)c1)NC(=O)Nc1ccc2c(CN3CCCC3)cn(Cc3c(Cl)cccc3Cl)c2c1)C(=O)NCc1ccccc1. The topological polar surface area (TPSA) is 151 Å².